The highest BCUT2D eigenvalue weighted by molar-refractivity contribution is 6.08. The number of rotatable bonds is 9. The van der Waals surface area contributed by atoms with Gasteiger partial charge in [0.1, 0.15) is 23.2 Å². The maximum atomic E-state index is 12.7. The first-order valence-electron chi connectivity index (χ1n) is 10.0. The van der Waals surface area contributed by atoms with Crippen LogP contribution < -0.4 is 25.5 Å². The van der Waals surface area contributed by atoms with Gasteiger partial charge in [0.25, 0.3) is 5.84 Å². The highest BCUT2D eigenvalue weighted by Gasteiger charge is 2.45. The molecule has 0 spiro atoms. The Bertz CT molecular complexity index is 970. The minimum atomic E-state index is -0.379. The molecule has 0 radical (unpaired) electrons. The van der Waals surface area contributed by atoms with Crippen LogP contribution in [0.4, 0.5) is 0 Å². The molecule has 2 aliphatic rings. The molecule has 0 saturated heterocycles. The minimum absolute atomic E-state index is 0.204. The predicted octanol–water partition coefficient (Wildman–Crippen LogP) is 1.02. The van der Waals surface area contributed by atoms with Gasteiger partial charge in [-0.1, -0.05) is 6.08 Å². The number of benzene rings is 1. The molecule has 8 nitrogen and oxygen atoms in total. The van der Waals surface area contributed by atoms with Crippen molar-refractivity contribution in [1.29, 1.82) is 5.26 Å². The van der Waals surface area contributed by atoms with Gasteiger partial charge in [-0.3, -0.25) is 5.41 Å². The van der Waals surface area contributed by atoms with Gasteiger partial charge in [0, 0.05) is 44.5 Å². The number of hydrogen-bond donors (Lipinski definition) is 3. The molecule has 0 aliphatic heterocycles. The summed E-state index contributed by atoms with van der Waals surface area (Å²) in [6, 6.07) is 7.18. The molecule has 1 fully saturated rings. The number of methoxy groups -OCH3 is 1. The molecule has 1 unspecified atom stereocenters. The number of carbonyl (C=O) groups excluding carboxylic acids is 1. The van der Waals surface area contributed by atoms with Gasteiger partial charge < -0.3 is 19.5 Å². The van der Waals surface area contributed by atoms with Gasteiger partial charge in [-0.25, -0.2) is 10.1 Å². The molecule has 1 atom stereocenters. The number of ether oxygens (including phenoxy) is 3. The van der Waals surface area contributed by atoms with Gasteiger partial charge in [-0.05, 0) is 37.1 Å². The topological polar surface area (TPSA) is 118 Å². The van der Waals surface area contributed by atoms with E-state index in [2.05, 4.69) is 16.7 Å². The maximum Gasteiger partial charge on any atom is 0.339 e. The fraction of sp³-hybridized carbons (Fsp3) is 0.348. The van der Waals surface area contributed by atoms with Gasteiger partial charge in [-0.15, -0.1) is 0 Å². The van der Waals surface area contributed by atoms with Crippen LogP contribution in [0.2, 0.25) is 0 Å². The zero-order valence-corrected chi connectivity index (χ0v) is 17.7. The van der Waals surface area contributed by atoms with E-state index in [0.29, 0.717) is 35.7 Å². The number of allylic oxidation sites excluding steroid dienone is 2. The van der Waals surface area contributed by atoms with Crippen LogP contribution in [0, 0.1) is 11.3 Å². The second kappa shape index (κ2) is 9.96. The standard InChI is InChI=1S/C23H26N4O4/c1-26-10-7-21(25)27-22(28)17-11-19(30-18-5-3-16(14-24)4-6-18)13-20(12-17)31-23(8-9-23)15-29-2/h3-5,7,10-13,18,26H,6,8-9,15H2,1-2H3,(H2,25,27,28)/p+1/b10-7-. The highest BCUT2D eigenvalue weighted by Crippen LogP contribution is 2.41. The van der Waals surface area contributed by atoms with Gasteiger partial charge >= 0.3 is 5.91 Å². The smallest absolute Gasteiger partial charge is 0.339 e. The zero-order valence-electron chi connectivity index (χ0n) is 17.7. The predicted molar refractivity (Wildman–Crippen MR) is 115 cm³/mol. The SMILES string of the molecule is CN/C=C\C(=[NH2+])NC(=O)c1cc(OC2C=CC(C#N)=CC2)cc(OC2(COC)CC2)c1. The lowest BCUT2D eigenvalue weighted by molar-refractivity contribution is -0.115. The Hall–Kier alpha value is -3.57. The fourth-order valence-corrected chi connectivity index (χ4v) is 3.12. The number of hydrogen-bond acceptors (Lipinski definition) is 6. The van der Waals surface area contributed by atoms with Crippen molar-refractivity contribution in [2.45, 2.75) is 31.0 Å². The Morgan fingerprint density at radius 2 is 2.13 bits per heavy atom. The van der Waals surface area contributed by atoms with E-state index in [4.69, 9.17) is 24.9 Å². The van der Waals surface area contributed by atoms with Crippen LogP contribution in [0.5, 0.6) is 11.5 Å². The van der Waals surface area contributed by atoms with Gasteiger partial charge in [0.15, 0.2) is 0 Å². The lowest BCUT2D eigenvalue weighted by Gasteiger charge is -2.20. The third kappa shape index (κ3) is 6.20. The Kier molecular flexibility index (Phi) is 7.11. The monoisotopic (exact) mass is 423 g/mol. The van der Waals surface area contributed by atoms with Crippen molar-refractivity contribution in [3.63, 3.8) is 0 Å². The molecule has 4 N–H and O–H groups in total. The summed E-state index contributed by atoms with van der Waals surface area (Å²) in [4.78, 5) is 12.7. The van der Waals surface area contributed by atoms with E-state index in [1.54, 1.807) is 50.7 Å². The second-order valence-corrected chi connectivity index (χ2v) is 7.47. The lowest BCUT2D eigenvalue weighted by atomic mass is 10.1. The van der Waals surface area contributed by atoms with Crippen LogP contribution >= 0.6 is 0 Å². The average Bonchev–Trinajstić information content (AvgIpc) is 3.51. The van der Waals surface area contributed by atoms with Crippen molar-refractivity contribution in [3.8, 4) is 17.6 Å². The molecule has 1 amide bonds. The molecule has 1 saturated carbocycles. The van der Waals surface area contributed by atoms with Crippen molar-refractivity contribution in [2.24, 2.45) is 0 Å². The highest BCUT2D eigenvalue weighted by atomic mass is 16.5. The molecular weight excluding hydrogens is 396 g/mol. The first-order chi connectivity index (χ1) is 15.0. The van der Waals surface area contributed by atoms with E-state index in [0.717, 1.165) is 12.8 Å². The minimum Gasteiger partial charge on any atom is -0.486 e. The van der Waals surface area contributed by atoms with Crippen LogP contribution in [0.15, 0.2) is 54.3 Å². The van der Waals surface area contributed by atoms with Crippen LogP contribution in [0.3, 0.4) is 0 Å². The van der Waals surface area contributed by atoms with Crippen LogP contribution in [0.25, 0.3) is 0 Å². The van der Waals surface area contributed by atoms with Crippen molar-refractivity contribution < 1.29 is 24.4 Å². The van der Waals surface area contributed by atoms with E-state index in [1.165, 1.54) is 0 Å². The summed E-state index contributed by atoms with van der Waals surface area (Å²) in [5.41, 5.74) is 0.596. The summed E-state index contributed by atoms with van der Waals surface area (Å²) in [5, 5.41) is 20.3. The lowest BCUT2D eigenvalue weighted by Crippen LogP contribution is -2.49. The van der Waals surface area contributed by atoms with E-state index < -0.39 is 0 Å². The molecular formula is C23H27N4O4+. The molecule has 1 aromatic rings. The number of carbonyl (C=O) groups is 1. The summed E-state index contributed by atoms with van der Waals surface area (Å²) >= 11 is 0. The molecule has 0 aromatic heterocycles. The first-order valence-corrected chi connectivity index (χ1v) is 10.0. The fourth-order valence-electron chi connectivity index (χ4n) is 3.12. The number of nitriles is 1. The Morgan fingerprint density at radius 3 is 2.74 bits per heavy atom. The Morgan fingerprint density at radius 1 is 1.35 bits per heavy atom. The van der Waals surface area contributed by atoms with Gasteiger partial charge in [-0.2, -0.15) is 5.26 Å². The van der Waals surface area contributed by atoms with E-state index >= 15 is 0 Å². The molecule has 1 aromatic carbocycles. The molecule has 2 aliphatic carbocycles. The van der Waals surface area contributed by atoms with Gasteiger partial charge in [0.2, 0.25) is 0 Å². The van der Waals surface area contributed by atoms with Crippen molar-refractivity contribution in [2.75, 3.05) is 20.8 Å². The molecule has 8 heteroatoms. The van der Waals surface area contributed by atoms with E-state index in [9.17, 15) is 4.79 Å². The zero-order chi connectivity index (χ0) is 22.3. The second-order valence-electron chi connectivity index (χ2n) is 7.47. The first kappa shape index (κ1) is 22.1. The number of amidine groups is 1. The van der Waals surface area contributed by atoms with E-state index in [1.807, 2.05) is 12.2 Å². The van der Waals surface area contributed by atoms with Crippen LogP contribution in [-0.4, -0.2) is 44.2 Å². The molecule has 0 bridgehead atoms. The maximum absolute atomic E-state index is 12.7. The summed E-state index contributed by atoms with van der Waals surface area (Å²) in [6.45, 7) is 0.474. The van der Waals surface area contributed by atoms with E-state index in [-0.39, 0.29) is 23.4 Å². The average molecular weight is 423 g/mol. The number of nitrogens with two attached hydrogens (primary N) is 1. The molecule has 3 rings (SSSR count). The van der Waals surface area contributed by atoms with Crippen LogP contribution in [-0.2, 0) is 4.74 Å². The summed E-state index contributed by atoms with van der Waals surface area (Å²) < 4.78 is 17.5. The van der Waals surface area contributed by atoms with Crippen molar-refractivity contribution in [1.82, 2.24) is 10.6 Å². The molecule has 31 heavy (non-hydrogen) atoms. The Labute approximate surface area is 181 Å². The quantitative estimate of drug-likeness (QED) is 0.403. The van der Waals surface area contributed by atoms with Gasteiger partial charge in [0.05, 0.1) is 18.2 Å². The normalized spacial score (nSPS) is 18.6. The van der Waals surface area contributed by atoms with Crippen LogP contribution in [0.1, 0.15) is 29.6 Å². The molecule has 0 heterocycles. The summed E-state index contributed by atoms with van der Waals surface area (Å²) in [5.74, 6) is 0.838. The third-order valence-electron chi connectivity index (χ3n) is 4.86. The third-order valence-corrected chi connectivity index (χ3v) is 4.86. The largest absolute Gasteiger partial charge is 0.486 e. The van der Waals surface area contributed by atoms with Crippen molar-refractivity contribution in [3.05, 3.63) is 59.8 Å². The number of nitrogens with zero attached hydrogens (tertiary/aromatic N) is 1. The Balaban J connectivity index is 1.80. The summed E-state index contributed by atoms with van der Waals surface area (Å²) in [6.07, 6.45) is 10.6. The number of nitrogens with one attached hydrogen (secondary N) is 2. The molecule has 162 valence electrons. The van der Waals surface area contributed by atoms with Crippen molar-refractivity contribution >= 4 is 11.7 Å². The number of amides is 1. The summed E-state index contributed by atoms with van der Waals surface area (Å²) in [7, 11) is 3.37.